The van der Waals surface area contributed by atoms with Gasteiger partial charge < -0.3 is 14.4 Å². The molecule has 0 saturated heterocycles. The van der Waals surface area contributed by atoms with Crippen molar-refractivity contribution >= 4 is 5.91 Å². The maximum Gasteiger partial charge on any atom is 0.272 e. The van der Waals surface area contributed by atoms with Crippen LogP contribution in [0.3, 0.4) is 0 Å². The molecule has 0 aliphatic carbocycles. The Balaban J connectivity index is 1.75. The van der Waals surface area contributed by atoms with Crippen LogP contribution in [0.2, 0.25) is 0 Å². The molecule has 1 aromatic carbocycles. The maximum absolute atomic E-state index is 12.6. The van der Waals surface area contributed by atoms with Crippen molar-refractivity contribution in [2.45, 2.75) is 26.9 Å². The quantitative estimate of drug-likeness (QED) is 0.868. The lowest BCUT2D eigenvalue weighted by Gasteiger charge is -2.21. The molecule has 3 rings (SSSR count). The Morgan fingerprint density at radius 1 is 1.26 bits per heavy atom. The molecule has 122 valence electrons. The topological polar surface area (TPSA) is 56.6 Å². The van der Waals surface area contributed by atoms with Gasteiger partial charge in [-0.1, -0.05) is 6.07 Å². The van der Waals surface area contributed by atoms with Gasteiger partial charge >= 0.3 is 0 Å². The summed E-state index contributed by atoms with van der Waals surface area (Å²) < 4.78 is 12.8. The van der Waals surface area contributed by atoms with Crippen LogP contribution in [-0.4, -0.2) is 40.8 Å². The monoisotopic (exact) mass is 315 g/mol. The maximum atomic E-state index is 12.6. The standard InChI is InChI=1S/C17H21N3O3/c1-4-20-14(9-12(2)18-20)17(21)19(3)11-13-5-6-15-16(10-13)23-8-7-22-15/h5-6,9-10H,4,7-8,11H2,1-3H3. The third-order valence-corrected chi connectivity index (χ3v) is 3.79. The molecular formula is C17H21N3O3. The van der Waals surface area contributed by atoms with Crippen LogP contribution in [-0.2, 0) is 13.1 Å². The summed E-state index contributed by atoms with van der Waals surface area (Å²) in [6.07, 6.45) is 0. The molecule has 2 heterocycles. The highest BCUT2D eigenvalue weighted by molar-refractivity contribution is 5.92. The van der Waals surface area contributed by atoms with E-state index in [1.807, 2.05) is 38.1 Å². The zero-order valence-electron chi connectivity index (χ0n) is 13.7. The fourth-order valence-electron chi connectivity index (χ4n) is 2.69. The van der Waals surface area contributed by atoms with Gasteiger partial charge in [-0.2, -0.15) is 5.10 Å². The SMILES string of the molecule is CCn1nc(C)cc1C(=O)N(C)Cc1ccc2c(c1)OCCO2. The van der Waals surface area contributed by atoms with Crippen molar-refractivity contribution in [2.75, 3.05) is 20.3 Å². The van der Waals surface area contributed by atoms with Gasteiger partial charge in [0.05, 0.1) is 5.69 Å². The molecule has 0 saturated carbocycles. The Labute approximate surface area is 135 Å². The lowest BCUT2D eigenvalue weighted by Crippen LogP contribution is -2.28. The molecule has 1 aromatic heterocycles. The number of aromatic nitrogens is 2. The lowest BCUT2D eigenvalue weighted by molar-refractivity contribution is 0.0772. The van der Waals surface area contributed by atoms with Gasteiger partial charge in [0.25, 0.3) is 5.91 Å². The average molecular weight is 315 g/mol. The van der Waals surface area contributed by atoms with Gasteiger partial charge in [0, 0.05) is 20.1 Å². The zero-order valence-corrected chi connectivity index (χ0v) is 13.7. The summed E-state index contributed by atoms with van der Waals surface area (Å²) in [5, 5.41) is 4.33. The highest BCUT2D eigenvalue weighted by Gasteiger charge is 2.19. The van der Waals surface area contributed by atoms with Gasteiger partial charge in [-0.25, -0.2) is 0 Å². The number of ether oxygens (including phenoxy) is 2. The van der Waals surface area contributed by atoms with E-state index < -0.39 is 0 Å². The fraction of sp³-hybridized carbons (Fsp3) is 0.412. The predicted molar refractivity (Wildman–Crippen MR) is 85.9 cm³/mol. The van der Waals surface area contributed by atoms with Crippen molar-refractivity contribution in [1.29, 1.82) is 0 Å². The molecule has 1 amide bonds. The van der Waals surface area contributed by atoms with Gasteiger partial charge in [0.1, 0.15) is 18.9 Å². The van der Waals surface area contributed by atoms with E-state index in [0.29, 0.717) is 32.0 Å². The van der Waals surface area contributed by atoms with Crippen molar-refractivity contribution in [3.63, 3.8) is 0 Å². The van der Waals surface area contributed by atoms with Crippen LogP contribution in [0.1, 0.15) is 28.7 Å². The number of aryl methyl sites for hydroxylation is 2. The molecule has 1 aliphatic rings. The zero-order chi connectivity index (χ0) is 16.4. The second-order valence-corrected chi connectivity index (χ2v) is 5.63. The Kier molecular flexibility index (Phi) is 4.23. The molecule has 0 spiro atoms. The first-order chi connectivity index (χ1) is 11.1. The predicted octanol–water partition coefficient (Wildman–Crippen LogP) is 2.25. The molecule has 23 heavy (non-hydrogen) atoms. The Bertz CT molecular complexity index is 724. The number of nitrogens with zero attached hydrogens (tertiary/aromatic N) is 3. The number of hydrogen-bond donors (Lipinski definition) is 0. The van der Waals surface area contributed by atoms with Gasteiger partial charge in [0.2, 0.25) is 0 Å². The summed E-state index contributed by atoms with van der Waals surface area (Å²) in [6, 6.07) is 7.61. The summed E-state index contributed by atoms with van der Waals surface area (Å²) in [5.41, 5.74) is 2.47. The van der Waals surface area contributed by atoms with Crippen molar-refractivity contribution in [2.24, 2.45) is 0 Å². The van der Waals surface area contributed by atoms with Crippen molar-refractivity contribution in [1.82, 2.24) is 14.7 Å². The molecule has 0 N–H and O–H groups in total. The van der Waals surface area contributed by atoms with Gasteiger partial charge in [-0.05, 0) is 37.6 Å². The van der Waals surface area contributed by atoms with E-state index >= 15 is 0 Å². The number of rotatable bonds is 4. The number of amides is 1. The smallest absolute Gasteiger partial charge is 0.272 e. The summed E-state index contributed by atoms with van der Waals surface area (Å²) in [7, 11) is 1.79. The highest BCUT2D eigenvalue weighted by Crippen LogP contribution is 2.31. The molecule has 6 nitrogen and oxygen atoms in total. The normalized spacial score (nSPS) is 13.0. The Morgan fingerprint density at radius 2 is 2.00 bits per heavy atom. The first-order valence-electron chi connectivity index (χ1n) is 7.77. The van der Waals surface area contributed by atoms with Crippen LogP contribution in [0.5, 0.6) is 11.5 Å². The lowest BCUT2D eigenvalue weighted by atomic mass is 10.1. The van der Waals surface area contributed by atoms with Crippen LogP contribution < -0.4 is 9.47 Å². The number of fused-ring (bicyclic) bond motifs is 1. The van der Waals surface area contributed by atoms with E-state index in [2.05, 4.69) is 5.10 Å². The molecule has 1 aliphatic heterocycles. The van der Waals surface area contributed by atoms with E-state index in [9.17, 15) is 4.79 Å². The molecule has 0 radical (unpaired) electrons. The Morgan fingerprint density at radius 3 is 2.74 bits per heavy atom. The van der Waals surface area contributed by atoms with Crippen LogP contribution in [0.4, 0.5) is 0 Å². The highest BCUT2D eigenvalue weighted by atomic mass is 16.6. The minimum absolute atomic E-state index is 0.0395. The molecule has 0 fully saturated rings. The number of carbonyl (C=O) groups excluding carboxylic acids is 1. The van der Waals surface area contributed by atoms with Gasteiger partial charge in [0.15, 0.2) is 11.5 Å². The second-order valence-electron chi connectivity index (χ2n) is 5.63. The second kappa shape index (κ2) is 6.32. The van der Waals surface area contributed by atoms with Crippen LogP contribution >= 0.6 is 0 Å². The molecule has 2 aromatic rings. The third-order valence-electron chi connectivity index (χ3n) is 3.79. The van der Waals surface area contributed by atoms with Crippen LogP contribution in [0.15, 0.2) is 24.3 Å². The third kappa shape index (κ3) is 3.16. The van der Waals surface area contributed by atoms with Gasteiger partial charge in [-0.15, -0.1) is 0 Å². The number of carbonyl (C=O) groups is 1. The van der Waals surface area contributed by atoms with E-state index in [0.717, 1.165) is 22.8 Å². The molecule has 0 unspecified atom stereocenters. The van der Waals surface area contributed by atoms with E-state index in [4.69, 9.17) is 9.47 Å². The molecule has 0 atom stereocenters. The summed E-state index contributed by atoms with van der Waals surface area (Å²) in [6.45, 7) is 6.18. The van der Waals surface area contributed by atoms with Crippen molar-refractivity contribution < 1.29 is 14.3 Å². The van der Waals surface area contributed by atoms with E-state index in [-0.39, 0.29) is 5.91 Å². The van der Waals surface area contributed by atoms with Crippen molar-refractivity contribution in [3.8, 4) is 11.5 Å². The molecule has 6 heteroatoms. The summed E-state index contributed by atoms with van der Waals surface area (Å²) in [5.74, 6) is 1.46. The van der Waals surface area contributed by atoms with Crippen LogP contribution in [0, 0.1) is 6.92 Å². The number of benzene rings is 1. The summed E-state index contributed by atoms with van der Waals surface area (Å²) in [4.78, 5) is 14.3. The van der Waals surface area contributed by atoms with Gasteiger partial charge in [-0.3, -0.25) is 9.48 Å². The molecular weight excluding hydrogens is 294 g/mol. The minimum Gasteiger partial charge on any atom is -0.486 e. The Hall–Kier alpha value is -2.50. The number of hydrogen-bond acceptors (Lipinski definition) is 4. The van der Waals surface area contributed by atoms with Crippen LogP contribution in [0.25, 0.3) is 0 Å². The first-order valence-corrected chi connectivity index (χ1v) is 7.77. The van der Waals surface area contributed by atoms with E-state index in [1.54, 1.807) is 16.6 Å². The average Bonchev–Trinajstić information content (AvgIpc) is 2.95. The molecule has 0 bridgehead atoms. The summed E-state index contributed by atoms with van der Waals surface area (Å²) >= 11 is 0. The van der Waals surface area contributed by atoms with E-state index in [1.165, 1.54) is 0 Å². The fourth-order valence-corrected chi connectivity index (χ4v) is 2.69. The van der Waals surface area contributed by atoms with Crippen molar-refractivity contribution in [3.05, 3.63) is 41.2 Å². The first kappa shape index (κ1) is 15.4. The minimum atomic E-state index is -0.0395. The largest absolute Gasteiger partial charge is 0.486 e.